The van der Waals surface area contributed by atoms with Gasteiger partial charge in [0.25, 0.3) is 0 Å². The van der Waals surface area contributed by atoms with E-state index in [1.54, 1.807) is 11.3 Å². The molecule has 0 aliphatic heterocycles. The van der Waals surface area contributed by atoms with Gasteiger partial charge in [0, 0.05) is 12.0 Å². The number of aliphatic hydroxyl groups excluding tert-OH is 1. The second-order valence-electron chi connectivity index (χ2n) is 5.15. The number of hydrogen-bond donors (Lipinski definition) is 3. The molecule has 0 atom stereocenters. The maximum atomic E-state index is 9.30. The molecule has 4 N–H and O–H groups in total. The van der Waals surface area contributed by atoms with Gasteiger partial charge in [-0.2, -0.15) is 0 Å². The van der Waals surface area contributed by atoms with Crippen LogP contribution in [0, 0.1) is 12.3 Å². The molecule has 0 bridgehead atoms. The summed E-state index contributed by atoms with van der Waals surface area (Å²) in [6.45, 7) is 3.03. The Labute approximate surface area is 110 Å². The number of nitrogens with zero attached hydrogens (tertiary/aromatic N) is 1. The number of aromatic nitrogens is 1. The van der Waals surface area contributed by atoms with E-state index in [-0.39, 0.29) is 12.0 Å². The van der Waals surface area contributed by atoms with Gasteiger partial charge in [0.05, 0.1) is 33.2 Å². The number of aryl methyl sites for hydroxylation is 1. The fourth-order valence-electron chi connectivity index (χ4n) is 2.11. The van der Waals surface area contributed by atoms with Gasteiger partial charge in [0.1, 0.15) is 0 Å². The van der Waals surface area contributed by atoms with E-state index in [2.05, 4.69) is 10.3 Å². The first-order valence-corrected chi connectivity index (χ1v) is 6.95. The summed E-state index contributed by atoms with van der Waals surface area (Å²) in [6.07, 6.45) is 2.18. The highest BCUT2D eigenvalue weighted by atomic mass is 32.1. The first-order chi connectivity index (χ1) is 8.62. The van der Waals surface area contributed by atoms with Crippen LogP contribution in [0.4, 0.5) is 11.4 Å². The van der Waals surface area contributed by atoms with Gasteiger partial charge in [-0.1, -0.05) is 0 Å². The van der Waals surface area contributed by atoms with Crippen LogP contribution in [0.3, 0.4) is 0 Å². The monoisotopic (exact) mass is 263 g/mol. The third-order valence-electron chi connectivity index (χ3n) is 3.61. The number of nitrogens with two attached hydrogens (primary N) is 1. The minimum atomic E-state index is 0.0827. The van der Waals surface area contributed by atoms with E-state index in [1.165, 1.54) is 0 Å². The van der Waals surface area contributed by atoms with Crippen LogP contribution >= 0.6 is 11.3 Å². The maximum absolute atomic E-state index is 9.30. The van der Waals surface area contributed by atoms with E-state index in [0.29, 0.717) is 0 Å². The van der Waals surface area contributed by atoms with Crippen LogP contribution < -0.4 is 11.1 Å². The largest absolute Gasteiger partial charge is 0.397 e. The lowest BCUT2D eigenvalue weighted by molar-refractivity contribution is 0.220. The zero-order valence-electron chi connectivity index (χ0n) is 10.4. The van der Waals surface area contributed by atoms with Crippen LogP contribution in [0.5, 0.6) is 0 Å². The number of aliphatic hydroxyl groups is 1. The van der Waals surface area contributed by atoms with Crippen molar-refractivity contribution in [1.29, 1.82) is 0 Å². The normalized spacial score (nSPS) is 17.0. The van der Waals surface area contributed by atoms with Crippen molar-refractivity contribution in [1.82, 2.24) is 4.98 Å². The number of fused-ring (bicyclic) bond motifs is 1. The Balaban J connectivity index is 1.84. The predicted molar refractivity (Wildman–Crippen MR) is 76.0 cm³/mol. The molecule has 4 nitrogen and oxygen atoms in total. The van der Waals surface area contributed by atoms with Crippen LogP contribution in [0.25, 0.3) is 10.2 Å². The van der Waals surface area contributed by atoms with Gasteiger partial charge in [0.15, 0.2) is 0 Å². The number of anilines is 2. The number of hydrogen-bond acceptors (Lipinski definition) is 5. The third kappa shape index (κ3) is 2.04. The molecule has 0 spiro atoms. The van der Waals surface area contributed by atoms with Crippen molar-refractivity contribution in [3.05, 3.63) is 17.1 Å². The molecule has 18 heavy (non-hydrogen) atoms. The summed E-state index contributed by atoms with van der Waals surface area (Å²) in [5.74, 6) is 0. The summed E-state index contributed by atoms with van der Waals surface area (Å²) >= 11 is 1.66. The van der Waals surface area contributed by atoms with Crippen LogP contribution in [-0.4, -0.2) is 23.2 Å². The first kappa shape index (κ1) is 11.7. The first-order valence-electron chi connectivity index (χ1n) is 6.13. The average molecular weight is 263 g/mol. The summed E-state index contributed by atoms with van der Waals surface area (Å²) in [5, 5.41) is 13.7. The van der Waals surface area contributed by atoms with Gasteiger partial charge in [-0.25, -0.2) is 4.98 Å². The van der Waals surface area contributed by atoms with Gasteiger partial charge in [0.2, 0.25) is 0 Å². The fourth-order valence-corrected chi connectivity index (χ4v) is 2.97. The minimum absolute atomic E-state index is 0.0827. The Morgan fingerprint density at radius 2 is 2.28 bits per heavy atom. The number of rotatable bonds is 4. The summed E-state index contributed by atoms with van der Waals surface area (Å²) < 4.78 is 1.12. The molecule has 96 valence electrons. The van der Waals surface area contributed by atoms with E-state index in [4.69, 9.17) is 5.73 Å². The summed E-state index contributed by atoms with van der Waals surface area (Å²) in [6, 6.07) is 3.97. The van der Waals surface area contributed by atoms with Crippen molar-refractivity contribution >= 4 is 32.9 Å². The maximum Gasteiger partial charge on any atom is 0.0907 e. The van der Waals surface area contributed by atoms with Crippen molar-refractivity contribution in [2.75, 3.05) is 24.2 Å². The molecule has 1 aromatic heterocycles. The van der Waals surface area contributed by atoms with Gasteiger partial charge < -0.3 is 16.2 Å². The molecular weight excluding hydrogens is 246 g/mol. The molecule has 0 radical (unpaired) electrons. The lowest BCUT2D eigenvalue weighted by Gasteiger charge is -2.15. The SMILES string of the molecule is Cc1nc2cc(NCC3(CO)CC3)c(N)cc2s1. The van der Waals surface area contributed by atoms with Crippen LogP contribution in [0.15, 0.2) is 12.1 Å². The molecule has 1 aliphatic carbocycles. The number of thiazole rings is 1. The summed E-state index contributed by atoms with van der Waals surface area (Å²) in [5.41, 5.74) is 8.79. The fraction of sp³-hybridized carbons (Fsp3) is 0.462. The second kappa shape index (κ2) is 4.10. The molecule has 0 saturated heterocycles. The zero-order valence-corrected chi connectivity index (χ0v) is 11.2. The van der Waals surface area contributed by atoms with E-state index in [1.807, 2.05) is 19.1 Å². The van der Waals surface area contributed by atoms with Gasteiger partial charge in [-0.05, 0) is 31.9 Å². The molecular formula is C13H17N3OS. The van der Waals surface area contributed by atoms with E-state index >= 15 is 0 Å². The molecule has 1 fully saturated rings. The van der Waals surface area contributed by atoms with Crippen molar-refractivity contribution in [2.24, 2.45) is 5.41 Å². The van der Waals surface area contributed by atoms with Crippen LogP contribution in [0.1, 0.15) is 17.8 Å². The summed E-state index contributed by atoms with van der Waals surface area (Å²) in [7, 11) is 0. The second-order valence-corrected chi connectivity index (χ2v) is 6.39. The Morgan fingerprint density at radius 3 is 2.94 bits per heavy atom. The van der Waals surface area contributed by atoms with E-state index in [0.717, 1.165) is 46.0 Å². The Morgan fingerprint density at radius 1 is 1.50 bits per heavy atom. The number of benzene rings is 1. The number of nitrogens with one attached hydrogen (secondary N) is 1. The van der Waals surface area contributed by atoms with Gasteiger partial charge in [-0.15, -0.1) is 11.3 Å². The molecule has 0 unspecified atom stereocenters. The molecule has 1 aromatic carbocycles. The predicted octanol–water partition coefficient (Wildman–Crippen LogP) is 2.37. The average Bonchev–Trinajstić information content (AvgIpc) is 3.03. The highest BCUT2D eigenvalue weighted by Crippen LogP contribution is 2.45. The zero-order chi connectivity index (χ0) is 12.8. The molecule has 1 aliphatic rings. The molecule has 3 rings (SSSR count). The van der Waals surface area contributed by atoms with E-state index < -0.39 is 0 Å². The van der Waals surface area contributed by atoms with Gasteiger partial charge >= 0.3 is 0 Å². The lowest BCUT2D eigenvalue weighted by atomic mass is 10.1. The van der Waals surface area contributed by atoms with Crippen molar-refractivity contribution in [3.63, 3.8) is 0 Å². The smallest absolute Gasteiger partial charge is 0.0907 e. The molecule has 2 aromatic rings. The van der Waals surface area contributed by atoms with Crippen molar-refractivity contribution < 1.29 is 5.11 Å². The van der Waals surface area contributed by atoms with Crippen molar-refractivity contribution in [2.45, 2.75) is 19.8 Å². The standard InChI is InChI=1S/C13H17N3OS/c1-8-16-11-5-10(9(14)4-12(11)18-8)15-6-13(7-17)2-3-13/h4-5,15,17H,2-3,6-7,14H2,1H3. The molecule has 1 heterocycles. The van der Waals surface area contributed by atoms with Crippen molar-refractivity contribution in [3.8, 4) is 0 Å². The summed E-state index contributed by atoms with van der Waals surface area (Å²) in [4.78, 5) is 4.47. The Bertz CT molecular complexity index is 589. The molecule has 5 heteroatoms. The highest BCUT2D eigenvalue weighted by Gasteiger charge is 2.41. The minimum Gasteiger partial charge on any atom is -0.397 e. The van der Waals surface area contributed by atoms with Crippen LogP contribution in [0.2, 0.25) is 0 Å². The van der Waals surface area contributed by atoms with Crippen LogP contribution in [-0.2, 0) is 0 Å². The van der Waals surface area contributed by atoms with E-state index in [9.17, 15) is 5.11 Å². The molecule has 0 amide bonds. The Hall–Kier alpha value is -1.33. The highest BCUT2D eigenvalue weighted by molar-refractivity contribution is 7.18. The molecule has 1 saturated carbocycles. The topological polar surface area (TPSA) is 71.2 Å². The lowest BCUT2D eigenvalue weighted by Crippen LogP contribution is -2.19. The Kier molecular flexibility index (Phi) is 2.68. The third-order valence-corrected chi connectivity index (χ3v) is 4.55. The number of nitrogen functional groups attached to an aromatic ring is 1. The quantitative estimate of drug-likeness (QED) is 0.741. The van der Waals surface area contributed by atoms with Gasteiger partial charge in [-0.3, -0.25) is 0 Å².